The third-order valence-corrected chi connectivity index (χ3v) is 10.1. The zero-order chi connectivity index (χ0) is 32.6. The lowest BCUT2D eigenvalue weighted by Gasteiger charge is -2.16. The first-order valence-corrected chi connectivity index (χ1v) is 17.2. The van der Waals surface area contributed by atoms with E-state index < -0.39 is 0 Å². The van der Waals surface area contributed by atoms with E-state index in [9.17, 15) is 0 Å². The normalized spacial score (nSPS) is 11.3. The molecular weight excluding hydrogens is 615 g/mol. The second-order valence-corrected chi connectivity index (χ2v) is 13.1. The summed E-state index contributed by atoms with van der Waals surface area (Å²) in [6, 6.07) is 61.7. The Hall–Kier alpha value is -6.23. The van der Waals surface area contributed by atoms with Gasteiger partial charge < -0.3 is 0 Å². The Morgan fingerprint density at radius 1 is 0.327 bits per heavy atom. The zero-order valence-corrected chi connectivity index (χ0v) is 27.3. The van der Waals surface area contributed by atoms with E-state index in [1.807, 2.05) is 36.4 Å². The van der Waals surface area contributed by atoms with Crippen LogP contribution < -0.4 is 0 Å². The maximum absolute atomic E-state index is 5.10. The summed E-state index contributed by atoms with van der Waals surface area (Å²) in [7, 11) is 0. The van der Waals surface area contributed by atoms with Gasteiger partial charge in [-0.3, -0.25) is 0 Å². The van der Waals surface area contributed by atoms with Gasteiger partial charge in [-0.15, -0.1) is 11.3 Å². The molecule has 0 unspecified atom stereocenters. The summed E-state index contributed by atoms with van der Waals surface area (Å²) < 4.78 is 2.43. The van der Waals surface area contributed by atoms with Gasteiger partial charge in [-0.1, -0.05) is 158 Å². The minimum absolute atomic E-state index is 0.659. The summed E-state index contributed by atoms with van der Waals surface area (Å²) in [5, 5.41) is 2.36. The first-order chi connectivity index (χ1) is 24.3. The fourth-order valence-corrected chi connectivity index (χ4v) is 7.79. The minimum Gasteiger partial charge on any atom is -0.208 e. The average Bonchev–Trinajstić information content (AvgIpc) is 3.57. The predicted octanol–water partition coefficient (Wildman–Crippen LogP) is 12.2. The molecule has 4 heteroatoms. The summed E-state index contributed by atoms with van der Waals surface area (Å²) in [4.78, 5) is 15.1. The first-order valence-electron chi connectivity index (χ1n) is 16.4. The van der Waals surface area contributed by atoms with Gasteiger partial charge in [-0.05, 0) is 51.6 Å². The number of thiophene rings is 1. The van der Waals surface area contributed by atoms with Crippen molar-refractivity contribution < 1.29 is 0 Å². The monoisotopic (exact) mass is 643 g/mol. The highest BCUT2D eigenvalue weighted by atomic mass is 32.1. The van der Waals surface area contributed by atoms with E-state index in [-0.39, 0.29) is 0 Å². The lowest BCUT2D eigenvalue weighted by Crippen LogP contribution is -2.00. The molecule has 0 N–H and O–H groups in total. The molecule has 0 saturated carbocycles. The Bertz CT molecular complexity index is 2520. The molecule has 0 bridgehead atoms. The number of fused-ring (bicyclic) bond motifs is 3. The molecule has 49 heavy (non-hydrogen) atoms. The average molecular weight is 644 g/mol. The molecule has 9 aromatic rings. The molecule has 3 nitrogen and oxygen atoms in total. The van der Waals surface area contributed by atoms with Crippen molar-refractivity contribution in [3.8, 4) is 67.5 Å². The van der Waals surface area contributed by atoms with Crippen LogP contribution in [0.5, 0.6) is 0 Å². The van der Waals surface area contributed by atoms with Gasteiger partial charge in [0.2, 0.25) is 0 Å². The number of aromatic nitrogens is 3. The van der Waals surface area contributed by atoms with Crippen LogP contribution in [-0.2, 0) is 0 Å². The van der Waals surface area contributed by atoms with E-state index in [4.69, 9.17) is 15.0 Å². The van der Waals surface area contributed by atoms with E-state index >= 15 is 0 Å². The molecular formula is C45H29N3S. The van der Waals surface area contributed by atoms with Crippen LogP contribution in [0.3, 0.4) is 0 Å². The van der Waals surface area contributed by atoms with Gasteiger partial charge in [0.1, 0.15) is 0 Å². The largest absolute Gasteiger partial charge is 0.208 e. The molecule has 0 aliphatic rings. The van der Waals surface area contributed by atoms with Crippen LogP contribution in [0.1, 0.15) is 0 Å². The summed E-state index contributed by atoms with van der Waals surface area (Å²) in [5.41, 5.74) is 10.1. The number of nitrogens with zero attached hydrogens (tertiary/aromatic N) is 3. The van der Waals surface area contributed by atoms with Crippen molar-refractivity contribution in [2.45, 2.75) is 0 Å². The molecule has 9 rings (SSSR count). The molecule has 2 heterocycles. The van der Waals surface area contributed by atoms with Gasteiger partial charge in [-0.25, -0.2) is 15.0 Å². The van der Waals surface area contributed by atoms with Crippen LogP contribution in [0.2, 0.25) is 0 Å². The fourth-order valence-electron chi connectivity index (χ4n) is 6.68. The number of benzene rings is 7. The molecule has 0 radical (unpaired) electrons. The SMILES string of the molecule is c1ccc(-c2nc(-c3ccccc3)nc(-c3cccc4sc5ccc(-c6cccc(-c7ccccc7)c6-c6ccccc6)cc5c34)n2)cc1. The third-order valence-electron chi connectivity index (χ3n) is 8.96. The summed E-state index contributed by atoms with van der Waals surface area (Å²) in [6.45, 7) is 0. The molecule has 0 aliphatic carbocycles. The number of rotatable bonds is 6. The maximum atomic E-state index is 5.10. The molecule has 0 atom stereocenters. The van der Waals surface area contributed by atoms with Crippen molar-refractivity contribution in [3.63, 3.8) is 0 Å². The van der Waals surface area contributed by atoms with Gasteiger partial charge in [0.15, 0.2) is 17.5 Å². The van der Waals surface area contributed by atoms with Crippen LogP contribution in [0.25, 0.3) is 87.7 Å². The highest BCUT2D eigenvalue weighted by Gasteiger charge is 2.19. The van der Waals surface area contributed by atoms with Crippen molar-refractivity contribution in [1.82, 2.24) is 15.0 Å². The second kappa shape index (κ2) is 12.4. The van der Waals surface area contributed by atoms with E-state index in [0.717, 1.165) is 22.1 Å². The first kappa shape index (κ1) is 29.0. The van der Waals surface area contributed by atoms with Crippen molar-refractivity contribution in [2.75, 3.05) is 0 Å². The van der Waals surface area contributed by atoms with Crippen LogP contribution in [0.15, 0.2) is 176 Å². The lowest BCUT2D eigenvalue weighted by molar-refractivity contribution is 1.08. The van der Waals surface area contributed by atoms with Crippen molar-refractivity contribution >= 4 is 31.5 Å². The number of hydrogen-bond donors (Lipinski definition) is 0. The van der Waals surface area contributed by atoms with Crippen LogP contribution in [-0.4, -0.2) is 15.0 Å². The Morgan fingerprint density at radius 2 is 0.816 bits per heavy atom. The fraction of sp³-hybridized carbons (Fsp3) is 0. The molecule has 230 valence electrons. The Morgan fingerprint density at radius 3 is 1.43 bits per heavy atom. The molecule has 0 aliphatic heterocycles. The van der Waals surface area contributed by atoms with Gasteiger partial charge in [0, 0.05) is 36.9 Å². The molecule has 0 fully saturated rings. The third kappa shape index (κ3) is 5.38. The van der Waals surface area contributed by atoms with Gasteiger partial charge in [0.25, 0.3) is 0 Å². The maximum Gasteiger partial charge on any atom is 0.164 e. The van der Waals surface area contributed by atoms with Crippen LogP contribution >= 0.6 is 11.3 Å². The van der Waals surface area contributed by atoms with E-state index in [2.05, 4.69) is 140 Å². The predicted molar refractivity (Wildman–Crippen MR) is 205 cm³/mol. The molecule has 0 amide bonds. The smallest absolute Gasteiger partial charge is 0.164 e. The van der Waals surface area contributed by atoms with Gasteiger partial charge in [0.05, 0.1) is 0 Å². The van der Waals surface area contributed by atoms with Crippen molar-refractivity contribution in [2.24, 2.45) is 0 Å². The zero-order valence-electron chi connectivity index (χ0n) is 26.5. The minimum atomic E-state index is 0.659. The standard InChI is InChI=1S/C45H29N3S/c1-5-15-30(16-6-1)35-23-13-24-36(41(35)31-17-7-2-8-18-31)34-27-28-39-38(29-34)42-37(25-14-26-40(42)49-39)45-47-43(32-19-9-3-10-20-32)46-44(48-45)33-21-11-4-12-22-33/h1-29H. The topological polar surface area (TPSA) is 38.7 Å². The summed E-state index contributed by atoms with van der Waals surface area (Å²) in [5.74, 6) is 1.98. The highest BCUT2D eigenvalue weighted by molar-refractivity contribution is 7.26. The quantitative estimate of drug-likeness (QED) is 0.181. The van der Waals surface area contributed by atoms with Crippen LogP contribution in [0, 0.1) is 0 Å². The van der Waals surface area contributed by atoms with Gasteiger partial charge >= 0.3 is 0 Å². The van der Waals surface area contributed by atoms with Crippen LogP contribution in [0.4, 0.5) is 0 Å². The Labute approximate surface area is 288 Å². The Balaban J connectivity index is 1.27. The molecule has 0 saturated heterocycles. The molecule has 2 aromatic heterocycles. The molecule has 7 aromatic carbocycles. The highest BCUT2D eigenvalue weighted by Crippen LogP contribution is 2.44. The van der Waals surface area contributed by atoms with E-state index in [1.165, 1.54) is 48.2 Å². The second-order valence-electron chi connectivity index (χ2n) is 12.0. The lowest BCUT2D eigenvalue weighted by atomic mass is 9.87. The van der Waals surface area contributed by atoms with E-state index in [1.54, 1.807) is 11.3 Å². The van der Waals surface area contributed by atoms with Gasteiger partial charge in [-0.2, -0.15) is 0 Å². The summed E-state index contributed by atoms with van der Waals surface area (Å²) >= 11 is 1.80. The Kier molecular flexibility index (Phi) is 7.34. The number of hydrogen-bond acceptors (Lipinski definition) is 4. The van der Waals surface area contributed by atoms with Crippen molar-refractivity contribution in [1.29, 1.82) is 0 Å². The van der Waals surface area contributed by atoms with Crippen molar-refractivity contribution in [3.05, 3.63) is 176 Å². The molecule has 0 spiro atoms. The van der Waals surface area contributed by atoms with E-state index in [0.29, 0.717) is 17.5 Å². The summed E-state index contributed by atoms with van der Waals surface area (Å²) in [6.07, 6.45) is 0.